The van der Waals surface area contributed by atoms with E-state index in [0.717, 1.165) is 5.56 Å². The van der Waals surface area contributed by atoms with Crippen LogP contribution in [0.15, 0.2) is 78.6 Å². The number of aromatic nitrogens is 1. The highest BCUT2D eigenvalue weighted by Crippen LogP contribution is 2.45. The third-order valence-electron chi connectivity index (χ3n) is 5.39. The normalized spacial score (nSPS) is 17.4. The number of para-hydroxylation sites is 1. The number of Topliss-reactive ketones (excluding diaryl/α,β-unsaturated/α-hetero) is 1. The fourth-order valence-electron chi connectivity index (χ4n) is 3.93. The van der Waals surface area contributed by atoms with Crippen LogP contribution in [0.5, 0.6) is 11.5 Å². The van der Waals surface area contributed by atoms with Gasteiger partial charge in [0.25, 0.3) is 11.7 Å². The van der Waals surface area contributed by atoms with E-state index in [-0.39, 0.29) is 17.9 Å². The van der Waals surface area contributed by atoms with Gasteiger partial charge < -0.3 is 19.5 Å². The molecule has 0 spiro atoms. The quantitative estimate of drug-likeness (QED) is 0.364. The molecule has 0 saturated carbocycles. The number of nitrogens with zero attached hydrogens (tertiary/aromatic N) is 2. The number of benzene rings is 2. The first-order chi connectivity index (χ1) is 15.6. The molecule has 1 saturated heterocycles. The lowest BCUT2D eigenvalue weighted by Crippen LogP contribution is -2.29. The number of hydrogen-bond donors (Lipinski definition) is 1. The van der Waals surface area contributed by atoms with Gasteiger partial charge in [-0.25, -0.2) is 0 Å². The summed E-state index contributed by atoms with van der Waals surface area (Å²) in [5, 5.41) is 11.1. The summed E-state index contributed by atoms with van der Waals surface area (Å²) in [6, 6.07) is 16.6. The Labute approximate surface area is 185 Å². The smallest absolute Gasteiger partial charge is 0.295 e. The Bertz CT molecular complexity index is 1180. The van der Waals surface area contributed by atoms with E-state index in [1.54, 1.807) is 67.0 Å². The van der Waals surface area contributed by atoms with Crippen molar-refractivity contribution in [1.82, 2.24) is 9.88 Å². The zero-order valence-electron chi connectivity index (χ0n) is 17.7. The van der Waals surface area contributed by atoms with Crippen LogP contribution >= 0.6 is 0 Å². The largest absolute Gasteiger partial charge is 0.507 e. The highest BCUT2D eigenvalue weighted by atomic mass is 16.5. The number of hydrogen-bond acceptors (Lipinski definition) is 6. The molecule has 0 unspecified atom stereocenters. The topological polar surface area (TPSA) is 89.0 Å². The minimum absolute atomic E-state index is 0.00311. The van der Waals surface area contributed by atoms with Gasteiger partial charge in [0.05, 0.1) is 25.8 Å². The minimum atomic E-state index is -0.875. The summed E-state index contributed by atoms with van der Waals surface area (Å²) in [5.74, 6) is -0.868. The van der Waals surface area contributed by atoms with Crippen LogP contribution in [0.1, 0.15) is 22.7 Å². The highest BCUT2D eigenvalue weighted by molar-refractivity contribution is 6.46. The van der Waals surface area contributed by atoms with E-state index in [9.17, 15) is 14.7 Å². The number of ketones is 1. The number of ether oxygens (including phenoxy) is 2. The zero-order valence-corrected chi connectivity index (χ0v) is 17.7. The van der Waals surface area contributed by atoms with Crippen LogP contribution in [-0.2, 0) is 16.1 Å². The fraction of sp³-hybridized carbons (Fsp3) is 0.160. The van der Waals surface area contributed by atoms with Gasteiger partial charge in [-0.2, -0.15) is 0 Å². The lowest BCUT2D eigenvalue weighted by molar-refractivity contribution is -0.140. The molecule has 2 aromatic carbocycles. The first-order valence-corrected chi connectivity index (χ1v) is 10.0. The van der Waals surface area contributed by atoms with Crippen molar-refractivity contribution < 1.29 is 24.2 Å². The van der Waals surface area contributed by atoms with Gasteiger partial charge in [-0.05, 0) is 17.7 Å². The molecule has 7 nitrogen and oxygen atoms in total. The number of methoxy groups -OCH3 is 2. The molecule has 1 N–H and O–H groups in total. The van der Waals surface area contributed by atoms with Crippen molar-refractivity contribution in [2.24, 2.45) is 0 Å². The van der Waals surface area contributed by atoms with Crippen LogP contribution < -0.4 is 9.47 Å². The predicted octanol–water partition coefficient (Wildman–Crippen LogP) is 3.72. The van der Waals surface area contributed by atoms with E-state index in [0.29, 0.717) is 22.6 Å². The molecule has 1 aliphatic rings. The van der Waals surface area contributed by atoms with Crippen molar-refractivity contribution in [3.63, 3.8) is 0 Å². The number of aliphatic hydroxyl groups excluding tert-OH is 1. The van der Waals surface area contributed by atoms with Crippen molar-refractivity contribution in [2.45, 2.75) is 12.6 Å². The van der Waals surface area contributed by atoms with Gasteiger partial charge in [0, 0.05) is 30.1 Å². The van der Waals surface area contributed by atoms with Gasteiger partial charge in [-0.1, -0.05) is 48.5 Å². The Morgan fingerprint density at radius 3 is 2.44 bits per heavy atom. The maximum Gasteiger partial charge on any atom is 0.295 e. The molecule has 32 heavy (non-hydrogen) atoms. The van der Waals surface area contributed by atoms with Crippen LogP contribution in [0.3, 0.4) is 0 Å². The number of likely N-dealkylation sites (tertiary alicyclic amines) is 1. The van der Waals surface area contributed by atoms with Gasteiger partial charge in [0.1, 0.15) is 5.76 Å². The summed E-state index contributed by atoms with van der Waals surface area (Å²) in [5.41, 5.74) is 1.73. The lowest BCUT2D eigenvalue weighted by atomic mass is 9.94. The average Bonchev–Trinajstić information content (AvgIpc) is 3.09. The molecule has 162 valence electrons. The Morgan fingerprint density at radius 2 is 1.78 bits per heavy atom. The number of carbonyl (C=O) groups is 2. The van der Waals surface area contributed by atoms with Crippen LogP contribution in [0.25, 0.3) is 5.76 Å². The molecular formula is C25H22N2O5. The van der Waals surface area contributed by atoms with Gasteiger partial charge in [-0.15, -0.1) is 0 Å². The van der Waals surface area contributed by atoms with Crippen LogP contribution in [-0.4, -0.2) is 40.9 Å². The maximum atomic E-state index is 13.2. The third-order valence-corrected chi connectivity index (χ3v) is 5.39. The Kier molecular flexibility index (Phi) is 5.89. The van der Waals surface area contributed by atoms with Crippen LogP contribution in [0, 0.1) is 0 Å². The number of amides is 1. The average molecular weight is 430 g/mol. The summed E-state index contributed by atoms with van der Waals surface area (Å²) in [6.45, 7) is 0.134. The fourth-order valence-corrected chi connectivity index (χ4v) is 3.93. The zero-order chi connectivity index (χ0) is 22.7. The molecule has 2 heterocycles. The van der Waals surface area contributed by atoms with E-state index in [1.807, 2.05) is 6.07 Å². The minimum Gasteiger partial charge on any atom is -0.507 e. The summed E-state index contributed by atoms with van der Waals surface area (Å²) < 4.78 is 11.0. The van der Waals surface area contributed by atoms with Gasteiger partial charge in [-0.3, -0.25) is 14.6 Å². The first-order valence-electron chi connectivity index (χ1n) is 10.0. The molecule has 0 radical (unpaired) electrons. The Morgan fingerprint density at radius 1 is 1.00 bits per heavy atom. The molecule has 0 bridgehead atoms. The van der Waals surface area contributed by atoms with E-state index < -0.39 is 17.7 Å². The molecule has 1 aromatic heterocycles. The van der Waals surface area contributed by atoms with Gasteiger partial charge >= 0.3 is 0 Å². The molecular weight excluding hydrogens is 408 g/mol. The highest BCUT2D eigenvalue weighted by Gasteiger charge is 2.47. The van der Waals surface area contributed by atoms with Crippen molar-refractivity contribution in [2.75, 3.05) is 14.2 Å². The summed E-state index contributed by atoms with van der Waals surface area (Å²) in [7, 11) is 3.00. The molecule has 3 aromatic rings. The van der Waals surface area contributed by atoms with E-state index in [1.165, 1.54) is 19.1 Å². The van der Waals surface area contributed by atoms with Gasteiger partial charge in [0.15, 0.2) is 11.5 Å². The standard InChI is InChI=1S/C25H22N2O5/c1-31-19-12-6-11-18(24(19)32-2)21-20(22(28)17-9-4-3-5-10-17)23(29)25(30)27(21)15-16-8-7-13-26-14-16/h3-14,21,28H,15H2,1-2H3/t21-/m1/s1. The second kappa shape index (κ2) is 8.93. The summed E-state index contributed by atoms with van der Waals surface area (Å²) in [4.78, 5) is 31.8. The number of pyridine rings is 1. The monoisotopic (exact) mass is 430 g/mol. The predicted molar refractivity (Wildman–Crippen MR) is 118 cm³/mol. The van der Waals surface area contributed by atoms with Crippen LogP contribution in [0.4, 0.5) is 0 Å². The van der Waals surface area contributed by atoms with E-state index in [4.69, 9.17) is 9.47 Å². The SMILES string of the molecule is COc1cccc([C@@H]2C(=C(O)c3ccccc3)C(=O)C(=O)N2Cc2cccnc2)c1OC. The molecule has 1 fully saturated rings. The first kappa shape index (κ1) is 21.1. The van der Waals surface area contributed by atoms with Crippen molar-refractivity contribution in [1.29, 1.82) is 0 Å². The van der Waals surface area contributed by atoms with Crippen molar-refractivity contribution in [3.8, 4) is 11.5 Å². The Balaban J connectivity index is 1.94. The van der Waals surface area contributed by atoms with E-state index in [2.05, 4.69) is 4.98 Å². The summed E-state index contributed by atoms with van der Waals surface area (Å²) >= 11 is 0. The maximum absolute atomic E-state index is 13.2. The van der Waals surface area contributed by atoms with E-state index >= 15 is 0 Å². The van der Waals surface area contributed by atoms with Gasteiger partial charge in [0.2, 0.25) is 0 Å². The number of carbonyl (C=O) groups excluding carboxylic acids is 2. The molecule has 7 heteroatoms. The lowest BCUT2D eigenvalue weighted by Gasteiger charge is -2.27. The Hall–Kier alpha value is -4.13. The molecule has 0 aliphatic carbocycles. The molecule has 1 atom stereocenters. The molecule has 1 amide bonds. The third kappa shape index (κ3) is 3.69. The van der Waals surface area contributed by atoms with Crippen molar-refractivity contribution >= 4 is 17.4 Å². The summed E-state index contributed by atoms with van der Waals surface area (Å²) in [6.07, 6.45) is 3.27. The number of aliphatic hydroxyl groups is 1. The number of rotatable bonds is 6. The van der Waals surface area contributed by atoms with Crippen molar-refractivity contribution in [3.05, 3.63) is 95.3 Å². The second-order valence-corrected chi connectivity index (χ2v) is 7.24. The molecule has 4 rings (SSSR count). The van der Waals surface area contributed by atoms with Crippen LogP contribution in [0.2, 0.25) is 0 Å². The molecule has 1 aliphatic heterocycles. The second-order valence-electron chi connectivity index (χ2n) is 7.24.